The molecule has 3 rings (SSSR count). The third kappa shape index (κ3) is 2.09. The zero-order valence-corrected chi connectivity index (χ0v) is 11.3. The van der Waals surface area contributed by atoms with Crippen LogP contribution in [0.15, 0.2) is 23.0 Å². The van der Waals surface area contributed by atoms with Crippen molar-refractivity contribution in [2.45, 2.75) is 12.4 Å². The van der Waals surface area contributed by atoms with Crippen LogP contribution in [0.1, 0.15) is 11.6 Å². The highest BCUT2D eigenvalue weighted by Gasteiger charge is 2.15. The molecule has 0 N–H and O–H groups in total. The van der Waals surface area contributed by atoms with Crippen molar-refractivity contribution in [1.29, 1.82) is 0 Å². The van der Waals surface area contributed by atoms with Crippen molar-refractivity contribution in [2.24, 2.45) is 0 Å². The molecule has 2 heterocycles. The van der Waals surface area contributed by atoms with Crippen LogP contribution in [0, 0.1) is 5.82 Å². The molecule has 0 radical (unpaired) electrons. The SMILES string of the molecule is COc1cc2c(cc1F)nc(CCl)n2Cc1ncon1. The maximum Gasteiger partial charge on any atom is 0.213 e. The van der Waals surface area contributed by atoms with Crippen molar-refractivity contribution >= 4 is 22.6 Å². The Morgan fingerprint density at radius 2 is 2.30 bits per heavy atom. The standard InChI is InChI=1S/C12H10ClFN4O2/c1-19-10-3-9-8(2-7(10)14)16-12(4-13)18(9)5-11-15-6-20-17-11/h2-3,6H,4-5H2,1H3. The van der Waals surface area contributed by atoms with E-state index in [4.69, 9.17) is 20.9 Å². The largest absolute Gasteiger partial charge is 0.494 e. The van der Waals surface area contributed by atoms with Crippen LogP contribution >= 0.6 is 11.6 Å². The Kier molecular flexibility index (Phi) is 3.27. The minimum absolute atomic E-state index is 0.146. The summed E-state index contributed by atoms with van der Waals surface area (Å²) >= 11 is 5.88. The summed E-state index contributed by atoms with van der Waals surface area (Å²) < 4.78 is 25.2. The smallest absolute Gasteiger partial charge is 0.213 e. The number of rotatable bonds is 4. The number of fused-ring (bicyclic) bond motifs is 1. The Balaban J connectivity index is 2.17. The summed E-state index contributed by atoms with van der Waals surface area (Å²) in [7, 11) is 1.41. The summed E-state index contributed by atoms with van der Waals surface area (Å²) in [5, 5.41) is 3.75. The molecule has 6 nitrogen and oxygen atoms in total. The van der Waals surface area contributed by atoms with Gasteiger partial charge in [0.1, 0.15) is 5.82 Å². The van der Waals surface area contributed by atoms with Crippen molar-refractivity contribution in [2.75, 3.05) is 7.11 Å². The van der Waals surface area contributed by atoms with Crippen LogP contribution in [0.25, 0.3) is 11.0 Å². The molecule has 2 aromatic heterocycles. The molecule has 3 aromatic rings. The maximum atomic E-state index is 13.7. The lowest BCUT2D eigenvalue weighted by atomic mass is 10.3. The fourth-order valence-corrected chi connectivity index (χ4v) is 2.22. The number of methoxy groups -OCH3 is 1. The van der Waals surface area contributed by atoms with Crippen LogP contribution in [0.4, 0.5) is 4.39 Å². The zero-order valence-electron chi connectivity index (χ0n) is 10.5. The maximum absolute atomic E-state index is 13.7. The van der Waals surface area contributed by atoms with Crippen molar-refractivity contribution in [3.8, 4) is 5.75 Å². The van der Waals surface area contributed by atoms with Gasteiger partial charge in [-0.25, -0.2) is 9.37 Å². The molecule has 0 atom stereocenters. The topological polar surface area (TPSA) is 66.0 Å². The molecule has 20 heavy (non-hydrogen) atoms. The van der Waals surface area contributed by atoms with E-state index in [-0.39, 0.29) is 11.6 Å². The first-order chi connectivity index (χ1) is 9.72. The molecule has 8 heteroatoms. The van der Waals surface area contributed by atoms with E-state index in [1.807, 2.05) is 0 Å². The lowest BCUT2D eigenvalue weighted by Crippen LogP contribution is -2.05. The number of hydrogen-bond donors (Lipinski definition) is 0. The van der Waals surface area contributed by atoms with E-state index in [0.717, 1.165) is 0 Å². The number of benzene rings is 1. The van der Waals surface area contributed by atoms with Crippen molar-refractivity contribution in [1.82, 2.24) is 19.7 Å². The highest BCUT2D eigenvalue weighted by atomic mass is 35.5. The van der Waals surface area contributed by atoms with E-state index < -0.39 is 5.82 Å². The molecule has 0 saturated heterocycles. The van der Waals surface area contributed by atoms with Crippen LogP contribution in [-0.4, -0.2) is 26.8 Å². The molecule has 0 fully saturated rings. The Labute approximate surface area is 118 Å². The van der Waals surface area contributed by atoms with Crippen LogP contribution in [0.5, 0.6) is 5.75 Å². The number of halogens is 2. The van der Waals surface area contributed by atoms with Gasteiger partial charge in [-0.3, -0.25) is 0 Å². The van der Waals surface area contributed by atoms with Gasteiger partial charge in [-0.15, -0.1) is 11.6 Å². The number of hydrogen-bond acceptors (Lipinski definition) is 5. The van der Waals surface area contributed by atoms with Crippen LogP contribution in [0.3, 0.4) is 0 Å². The Hall–Kier alpha value is -2.15. The first kappa shape index (κ1) is 12.9. The minimum Gasteiger partial charge on any atom is -0.494 e. The van der Waals surface area contributed by atoms with Gasteiger partial charge in [0.05, 0.1) is 30.6 Å². The van der Waals surface area contributed by atoms with Gasteiger partial charge in [-0.1, -0.05) is 5.16 Å². The Morgan fingerprint density at radius 1 is 1.45 bits per heavy atom. The minimum atomic E-state index is -0.467. The highest BCUT2D eigenvalue weighted by Crippen LogP contribution is 2.26. The molecule has 0 spiro atoms. The first-order valence-electron chi connectivity index (χ1n) is 5.76. The third-order valence-electron chi connectivity index (χ3n) is 2.93. The van der Waals surface area contributed by atoms with E-state index in [0.29, 0.717) is 29.2 Å². The lowest BCUT2D eigenvalue weighted by molar-refractivity contribution is 0.387. The van der Waals surface area contributed by atoms with E-state index in [1.165, 1.54) is 19.6 Å². The second-order valence-electron chi connectivity index (χ2n) is 4.07. The average Bonchev–Trinajstić information content (AvgIpc) is 3.06. The van der Waals surface area contributed by atoms with Gasteiger partial charge >= 0.3 is 0 Å². The van der Waals surface area contributed by atoms with Gasteiger partial charge in [0.15, 0.2) is 17.4 Å². The second-order valence-corrected chi connectivity index (χ2v) is 4.34. The van der Waals surface area contributed by atoms with Crippen molar-refractivity contribution < 1.29 is 13.7 Å². The summed E-state index contributed by atoms with van der Waals surface area (Å²) in [5.74, 6) is 0.951. The van der Waals surface area contributed by atoms with E-state index in [1.54, 1.807) is 10.6 Å². The molecule has 0 amide bonds. The molecule has 0 unspecified atom stereocenters. The van der Waals surface area contributed by atoms with Gasteiger partial charge < -0.3 is 13.8 Å². The first-order valence-corrected chi connectivity index (χ1v) is 6.30. The fraction of sp³-hybridized carbons (Fsp3) is 0.250. The number of ether oxygens (including phenoxy) is 1. The van der Waals surface area contributed by atoms with Crippen LogP contribution in [0.2, 0.25) is 0 Å². The van der Waals surface area contributed by atoms with Gasteiger partial charge in [0.2, 0.25) is 6.39 Å². The van der Waals surface area contributed by atoms with E-state index in [2.05, 4.69) is 15.1 Å². The van der Waals surface area contributed by atoms with Gasteiger partial charge in [-0.2, -0.15) is 4.98 Å². The molecule has 0 aliphatic carbocycles. The molecule has 104 valence electrons. The van der Waals surface area contributed by atoms with Gasteiger partial charge in [0, 0.05) is 12.1 Å². The fourth-order valence-electron chi connectivity index (χ4n) is 2.01. The van der Waals surface area contributed by atoms with Gasteiger partial charge in [-0.05, 0) is 0 Å². The summed E-state index contributed by atoms with van der Waals surface area (Å²) in [5.41, 5.74) is 1.20. The summed E-state index contributed by atoms with van der Waals surface area (Å²) in [6.07, 6.45) is 1.25. The van der Waals surface area contributed by atoms with Crippen LogP contribution in [-0.2, 0) is 12.4 Å². The predicted molar refractivity (Wildman–Crippen MR) is 69.2 cm³/mol. The van der Waals surface area contributed by atoms with E-state index in [9.17, 15) is 4.39 Å². The number of aromatic nitrogens is 4. The molecule has 0 bridgehead atoms. The summed E-state index contributed by atoms with van der Waals surface area (Å²) in [6.45, 7) is 0.337. The average molecular weight is 297 g/mol. The number of imidazole rings is 1. The molecule has 0 aliphatic heterocycles. The summed E-state index contributed by atoms with van der Waals surface area (Å²) in [6, 6.07) is 2.89. The highest BCUT2D eigenvalue weighted by molar-refractivity contribution is 6.16. The molecule has 0 saturated carbocycles. The number of alkyl halides is 1. The van der Waals surface area contributed by atoms with Crippen molar-refractivity contribution in [3.05, 3.63) is 36.0 Å². The summed E-state index contributed by atoms with van der Waals surface area (Å²) in [4.78, 5) is 8.26. The Morgan fingerprint density at radius 3 is 2.95 bits per heavy atom. The third-order valence-corrected chi connectivity index (χ3v) is 3.17. The predicted octanol–water partition coefficient (Wildman–Crippen LogP) is 2.35. The quantitative estimate of drug-likeness (QED) is 0.691. The number of nitrogens with zero attached hydrogens (tertiary/aromatic N) is 4. The lowest BCUT2D eigenvalue weighted by Gasteiger charge is -2.06. The molecular formula is C12H10ClFN4O2. The second kappa shape index (κ2) is 5.09. The molecular weight excluding hydrogens is 287 g/mol. The monoisotopic (exact) mass is 296 g/mol. The van der Waals surface area contributed by atoms with Gasteiger partial charge in [0.25, 0.3) is 0 Å². The molecule has 0 aliphatic rings. The zero-order chi connectivity index (χ0) is 14.1. The normalized spacial score (nSPS) is 11.2. The van der Waals surface area contributed by atoms with E-state index >= 15 is 0 Å². The Bertz CT molecular complexity index is 742. The molecule has 1 aromatic carbocycles. The van der Waals surface area contributed by atoms with Crippen LogP contribution < -0.4 is 4.74 Å². The van der Waals surface area contributed by atoms with Crippen molar-refractivity contribution in [3.63, 3.8) is 0 Å².